The molecule has 0 unspecified atom stereocenters. The van der Waals surface area contributed by atoms with E-state index < -0.39 is 12.1 Å². The first-order valence-electron chi connectivity index (χ1n) is 3.89. The van der Waals surface area contributed by atoms with Gasteiger partial charge in [0.2, 0.25) is 0 Å². The molecule has 0 bridgehead atoms. The van der Waals surface area contributed by atoms with Crippen LogP contribution in [-0.4, -0.2) is 23.2 Å². The lowest BCUT2D eigenvalue weighted by atomic mass is 10.1. The van der Waals surface area contributed by atoms with E-state index in [1.54, 1.807) is 18.3 Å². The molecule has 0 fully saturated rings. The molecule has 0 aromatic carbocycles. The van der Waals surface area contributed by atoms with Gasteiger partial charge in [-0.05, 0) is 11.6 Å². The molecule has 1 N–H and O–H groups in total. The van der Waals surface area contributed by atoms with Crippen molar-refractivity contribution in [2.45, 2.75) is 12.5 Å². The second-order valence-electron chi connectivity index (χ2n) is 2.58. The molecule has 0 saturated carbocycles. The van der Waals surface area contributed by atoms with Gasteiger partial charge in [0.25, 0.3) is 0 Å². The lowest BCUT2D eigenvalue weighted by Gasteiger charge is -2.07. The molecular weight excluding hydrogens is 170 g/mol. The molecule has 70 valence electrons. The van der Waals surface area contributed by atoms with Crippen molar-refractivity contribution < 1.29 is 14.6 Å². The van der Waals surface area contributed by atoms with Gasteiger partial charge in [-0.3, -0.25) is 9.78 Å². The maximum absolute atomic E-state index is 10.8. The van der Waals surface area contributed by atoms with Crippen LogP contribution in [0.2, 0.25) is 0 Å². The van der Waals surface area contributed by atoms with Crippen molar-refractivity contribution in [3.05, 3.63) is 30.1 Å². The quantitative estimate of drug-likeness (QED) is 0.696. The number of aliphatic hydroxyl groups is 1. The van der Waals surface area contributed by atoms with Gasteiger partial charge in [0.1, 0.15) is 0 Å². The van der Waals surface area contributed by atoms with Crippen molar-refractivity contribution in [1.29, 1.82) is 0 Å². The molecule has 4 nitrogen and oxygen atoms in total. The zero-order chi connectivity index (χ0) is 9.68. The molecular formula is C9H11NO3. The molecule has 0 aliphatic heterocycles. The summed E-state index contributed by atoms with van der Waals surface area (Å²) >= 11 is 0. The van der Waals surface area contributed by atoms with Gasteiger partial charge in [-0.25, -0.2) is 0 Å². The highest BCUT2D eigenvalue weighted by molar-refractivity contribution is 5.69. The maximum Gasteiger partial charge on any atom is 0.308 e. The number of rotatable bonds is 3. The van der Waals surface area contributed by atoms with Crippen LogP contribution < -0.4 is 0 Å². The first-order chi connectivity index (χ1) is 6.24. The van der Waals surface area contributed by atoms with E-state index in [1.807, 2.05) is 0 Å². The standard InChI is InChI=1S/C9H11NO3/c1-13-9(12)5-8(11)7-3-2-4-10-6-7/h2-4,6,8,11H,5H2,1H3/t8-/m0/s1. The summed E-state index contributed by atoms with van der Waals surface area (Å²) in [6, 6.07) is 3.41. The minimum absolute atomic E-state index is 0.0395. The highest BCUT2D eigenvalue weighted by atomic mass is 16.5. The molecule has 1 atom stereocenters. The van der Waals surface area contributed by atoms with E-state index in [0.717, 1.165) is 0 Å². The van der Waals surface area contributed by atoms with Crippen LogP contribution >= 0.6 is 0 Å². The van der Waals surface area contributed by atoms with Crippen molar-refractivity contribution in [3.63, 3.8) is 0 Å². The number of carbonyl (C=O) groups excluding carboxylic acids is 1. The van der Waals surface area contributed by atoms with Crippen molar-refractivity contribution in [3.8, 4) is 0 Å². The summed E-state index contributed by atoms with van der Waals surface area (Å²) in [4.78, 5) is 14.6. The zero-order valence-corrected chi connectivity index (χ0v) is 7.30. The van der Waals surface area contributed by atoms with E-state index in [9.17, 15) is 9.90 Å². The van der Waals surface area contributed by atoms with E-state index in [-0.39, 0.29) is 6.42 Å². The number of aliphatic hydroxyl groups excluding tert-OH is 1. The van der Waals surface area contributed by atoms with Crippen LogP contribution in [0.25, 0.3) is 0 Å². The first-order valence-corrected chi connectivity index (χ1v) is 3.89. The zero-order valence-electron chi connectivity index (χ0n) is 7.30. The summed E-state index contributed by atoms with van der Waals surface area (Å²) in [5, 5.41) is 9.48. The van der Waals surface area contributed by atoms with Gasteiger partial charge < -0.3 is 9.84 Å². The molecule has 1 aromatic rings. The highest BCUT2D eigenvalue weighted by Gasteiger charge is 2.12. The Morgan fingerprint density at radius 1 is 1.77 bits per heavy atom. The van der Waals surface area contributed by atoms with Gasteiger partial charge in [-0.2, -0.15) is 0 Å². The summed E-state index contributed by atoms with van der Waals surface area (Å²) < 4.78 is 4.42. The van der Waals surface area contributed by atoms with Crippen molar-refractivity contribution >= 4 is 5.97 Å². The Bertz CT molecular complexity index is 273. The van der Waals surface area contributed by atoms with Crippen LogP contribution in [0.15, 0.2) is 24.5 Å². The van der Waals surface area contributed by atoms with E-state index in [2.05, 4.69) is 9.72 Å². The Kier molecular flexibility index (Phi) is 3.40. The van der Waals surface area contributed by atoms with Crippen LogP contribution in [0.1, 0.15) is 18.1 Å². The number of aromatic nitrogens is 1. The van der Waals surface area contributed by atoms with Crippen molar-refractivity contribution in [1.82, 2.24) is 4.98 Å². The van der Waals surface area contributed by atoms with Gasteiger partial charge in [-0.1, -0.05) is 6.07 Å². The molecule has 4 heteroatoms. The van der Waals surface area contributed by atoms with Crippen LogP contribution in [0, 0.1) is 0 Å². The van der Waals surface area contributed by atoms with E-state index in [0.29, 0.717) is 5.56 Å². The fourth-order valence-electron chi connectivity index (χ4n) is 0.932. The predicted octanol–water partition coefficient (Wildman–Crippen LogP) is 0.678. The fourth-order valence-corrected chi connectivity index (χ4v) is 0.932. The normalized spacial score (nSPS) is 12.2. The van der Waals surface area contributed by atoms with Gasteiger partial charge in [0, 0.05) is 12.4 Å². The minimum Gasteiger partial charge on any atom is -0.469 e. The molecule has 0 spiro atoms. The summed E-state index contributed by atoms with van der Waals surface area (Å²) in [7, 11) is 1.29. The van der Waals surface area contributed by atoms with E-state index in [1.165, 1.54) is 13.3 Å². The van der Waals surface area contributed by atoms with Gasteiger partial charge in [-0.15, -0.1) is 0 Å². The van der Waals surface area contributed by atoms with E-state index >= 15 is 0 Å². The Labute approximate surface area is 76.2 Å². The fraction of sp³-hybridized carbons (Fsp3) is 0.333. The van der Waals surface area contributed by atoms with E-state index in [4.69, 9.17) is 0 Å². The lowest BCUT2D eigenvalue weighted by Crippen LogP contribution is -2.08. The van der Waals surface area contributed by atoms with Crippen LogP contribution in [-0.2, 0) is 9.53 Å². The van der Waals surface area contributed by atoms with Crippen LogP contribution in [0.3, 0.4) is 0 Å². The third-order valence-electron chi connectivity index (χ3n) is 1.66. The largest absolute Gasteiger partial charge is 0.469 e. The topological polar surface area (TPSA) is 59.4 Å². The predicted molar refractivity (Wildman–Crippen MR) is 45.8 cm³/mol. The summed E-state index contributed by atoms with van der Waals surface area (Å²) in [5.41, 5.74) is 0.618. The Morgan fingerprint density at radius 3 is 3.08 bits per heavy atom. The number of hydrogen-bond acceptors (Lipinski definition) is 4. The number of pyridine rings is 1. The average molecular weight is 181 g/mol. The summed E-state index contributed by atoms with van der Waals surface area (Å²) in [6.07, 6.45) is 2.26. The molecule has 1 heterocycles. The third-order valence-corrected chi connectivity index (χ3v) is 1.66. The number of carbonyl (C=O) groups is 1. The van der Waals surface area contributed by atoms with Crippen molar-refractivity contribution in [2.75, 3.05) is 7.11 Å². The van der Waals surface area contributed by atoms with Crippen molar-refractivity contribution in [2.24, 2.45) is 0 Å². The molecule has 0 amide bonds. The molecule has 1 rings (SSSR count). The number of methoxy groups -OCH3 is 1. The highest BCUT2D eigenvalue weighted by Crippen LogP contribution is 2.14. The maximum atomic E-state index is 10.8. The molecule has 0 radical (unpaired) electrons. The van der Waals surface area contributed by atoms with Gasteiger partial charge in [0.05, 0.1) is 19.6 Å². The molecule has 0 aliphatic carbocycles. The monoisotopic (exact) mass is 181 g/mol. The molecule has 0 saturated heterocycles. The summed E-state index contributed by atoms with van der Waals surface area (Å²) in [5.74, 6) is -0.434. The Hall–Kier alpha value is -1.42. The SMILES string of the molecule is COC(=O)C[C@H](O)c1cccnc1. The minimum atomic E-state index is -0.832. The third kappa shape index (κ3) is 2.83. The second-order valence-corrected chi connectivity index (χ2v) is 2.58. The number of hydrogen-bond donors (Lipinski definition) is 1. The van der Waals surface area contributed by atoms with Crippen LogP contribution in [0.5, 0.6) is 0 Å². The Balaban J connectivity index is 2.59. The molecule has 0 aliphatic rings. The molecule has 13 heavy (non-hydrogen) atoms. The summed E-state index contributed by atoms with van der Waals surface area (Å²) in [6.45, 7) is 0. The second kappa shape index (κ2) is 4.57. The smallest absolute Gasteiger partial charge is 0.308 e. The lowest BCUT2D eigenvalue weighted by molar-refractivity contribution is -0.142. The number of ether oxygens (including phenoxy) is 1. The van der Waals surface area contributed by atoms with Crippen LogP contribution in [0.4, 0.5) is 0 Å². The average Bonchev–Trinajstić information content (AvgIpc) is 2.19. The number of esters is 1. The Morgan fingerprint density at radius 2 is 2.54 bits per heavy atom. The first kappa shape index (κ1) is 9.67. The van der Waals surface area contributed by atoms with Gasteiger partial charge >= 0.3 is 5.97 Å². The molecule has 1 aromatic heterocycles. The number of nitrogens with zero attached hydrogens (tertiary/aromatic N) is 1. The van der Waals surface area contributed by atoms with Gasteiger partial charge in [0.15, 0.2) is 0 Å².